The van der Waals surface area contributed by atoms with Gasteiger partial charge in [0.25, 0.3) is 0 Å². The Morgan fingerprint density at radius 1 is 1.17 bits per heavy atom. The van der Waals surface area contributed by atoms with Crippen molar-refractivity contribution in [1.82, 2.24) is 15.1 Å². The van der Waals surface area contributed by atoms with Crippen LogP contribution in [0.15, 0.2) is 48.7 Å². The van der Waals surface area contributed by atoms with Crippen LogP contribution in [0.3, 0.4) is 0 Å². The average Bonchev–Trinajstić information content (AvgIpc) is 3.24. The normalized spacial score (nSPS) is 17.3. The minimum Gasteiger partial charge on any atom is -0.497 e. The zero-order valence-electron chi connectivity index (χ0n) is 16.8. The molecule has 152 valence electrons. The molecule has 1 aliphatic heterocycles. The Balaban J connectivity index is 1.52. The summed E-state index contributed by atoms with van der Waals surface area (Å²) in [5, 5.41) is 7.43. The highest BCUT2D eigenvalue weighted by molar-refractivity contribution is 5.65. The summed E-state index contributed by atoms with van der Waals surface area (Å²) in [7, 11) is 3.34. The molecule has 5 nitrogen and oxygen atoms in total. The SMILES string of the molecule is COc1ccc(CN2CCCC(c3[nH]ncc3-c3cccc(F)c3)C2)c(OC)c1. The van der Waals surface area contributed by atoms with E-state index in [0.29, 0.717) is 5.92 Å². The Labute approximate surface area is 170 Å². The molecule has 1 N–H and O–H groups in total. The Hall–Kier alpha value is -2.86. The van der Waals surface area contributed by atoms with E-state index < -0.39 is 0 Å². The molecule has 2 aromatic carbocycles. The van der Waals surface area contributed by atoms with Gasteiger partial charge in [-0.15, -0.1) is 0 Å². The Kier molecular flexibility index (Phi) is 5.81. The molecule has 0 aliphatic carbocycles. The molecule has 29 heavy (non-hydrogen) atoms. The van der Waals surface area contributed by atoms with Gasteiger partial charge >= 0.3 is 0 Å². The third-order valence-electron chi connectivity index (χ3n) is 5.61. The zero-order chi connectivity index (χ0) is 20.2. The fourth-order valence-corrected chi connectivity index (χ4v) is 4.15. The van der Waals surface area contributed by atoms with Crippen LogP contribution in [0.25, 0.3) is 11.1 Å². The first-order valence-corrected chi connectivity index (χ1v) is 9.90. The first-order chi connectivity index (χ1) is 14.2. The molecule has 1 saturated heterocycles. The Morgan fingerprint density at radius 2 is 2.07 bits per heavy atom. The maximum Gasteiger partial charge on any atom is 0.127 e. The van der Waals surface area contributed by atoms with Gasteiger partial charge in [0, 0.05) is 41.9 Å². The molecule has 4 rings (SSSR count). The van der Waals surface area contributed by atoms with E-state index in [9.17, 15) is 4.39 Å². The lowest BCUT2D eigenvalue weighted by Crippen LogP contribution is -2.34. The van der Waals surface area contributed by atoms with Gasteiger partial charge in [-0.3, -0.25) is 10.00 Å². The van der Waals surface area contributed by atoms with E-state index in [2.05, 4.69) is 21.2 Å². The Bertz CT molecular complexity index is 972. The van der Waals surface area contributed by atoms with E-state index in [1.54, 1.807) is 32.5 Å². The summed E-state index contributed by atoms with van der Waals surface area (Å²) in [5.41, 5.74) is 4.08. The second kappa shape index (κ2) is 8.66. The quantitative estimate of drug-likeness (QED) is 0.662. The number of nitrogens with one attached hydrogen (secondary N) is 1. The van der Waals surface area contributed by atoms with Crippen LogP contribution in [0.1, 0.15) is 30.0 Å². The predicted molar refractivity (Wildman–Crippen MR) is 111 cm³/mol. The van der Waals surface area contributed by atoms with Crippen molar-refractivity contribution in [2.24, 2.45) is 0 Å². The van der Waals surface area contributed by atoms with Crippen molar-refractivity contribution < 1.29 is 13.9 Å². The average molecular weight is 395 g/mol. The van der Waals surface area contributed by atoms with Crippen LogP contribution in [0.2, 0.25) is 0 Å². The summed E-state index contributed by atoms with van der Waals surface area (Å²) in [4.78, 5) is 2.44. The molecule has 1 fully saturated rings. The van der Waals surface area contributed by atoms with Crippen LogP contribution >= 0.6 is 0 Å². The highest BCUT2D eigenvalue weighted by atomic mass is 19.1. The number of halogens is 1. The van der Waals surface area contributed by atoms with Crippen LogP contribution in [-0.4, -0.2) is 42.4 Å². The van der Waals surface area contributed by atoms with E-state index in [1.165, 1.54) is 6.07 Å². The molecule has 0 saturated carbocycles. The fourth-order valence-electron chi connectivity index (χ4n) is 4.15. The Morgan fingerprint density at radius 3 is 2.86 bits per heavy atom. The van der Waals surface area contributed by atoms with Crippen molar-refractivity contribution in [3.8, 4) is 22.6 Å². The number of nitrogens with zero attached hydrogens (tertiary/aromatic N) is 2. The molecule has 1 aliphatic rings. The number of aromatic nitrogens is 2. The molecule has 1 unspecified atom stereocenters. The number of rotatable bonds is 6. The number of hydrogen-bond donors (Lipinski definition) is 1. The number of aromatic amines is 1. The number of methoxy groups -OCH3 is 2. The third kappa shape index (κ3) is 4.27. The van der Waals surface area contributed by atoms with Crippen LogP contribution in [0, 0.1) is 5.82 Å². The van der Waals surface area contributed by atoms with Crippen LogP contribution in [0.4, 0.5) is 4.39 Å². The molecule has 0 radical (unpaired) electrons. The van der Waals surface area contributed by atoms with Gasteiger partial charge in [-0.05, 0) is 43.1 Å². The molecular weight excluding hydrogens is 369 g/mol. The maximum atomic E-state index is 13.7. The van der Waals surface area contributed by atoms with Crippen molar-refractivity contribution in [3.63, 3.8) is 0 Å². The lowest BCUT2D eigenvalue weighted by molar-refractivity contribution is 0.196. The number of benzene rings is 2. The van der Waals surface area contributed by atoms with Gasteiger partial charge in [0.1, 0.15) is 17.3 Å². The number of ether oxygens (including phenoxy) is 2. The van der Waals surface area contributed by atoms with Crippen molar-refractivity contribution in [1.29, 1.82) is 0 Å². The lowest BCUT2D eigenvalue weighted by Gasteiger charge is -2.33. The monoisotopic (exact) mass is 395 g/mol. The van der Waals surface area contributed by atoms with Gasteiger partial charge < -0.3 is 9.47 Å². The topological polar surface area (TPSA) is 50.4 Å². The number of H-pyrrole nitrogens is 1. The lowest BCUT2D eigenvalue weighted by atomic mass is 9.90. The standard InChI is InChI=1S/C23H26FN3O2/c1-28-20-9-8-17(22(12-20)29-2)14-27-10-4-6-18(15-27)23-21(13-25-26-23)16-5-3-7-19(24)11-16/h3,5,7-9,11-13,18H,4,6,10,14-15H2,1-2H3,(H,25,26). The molecule has 6 heteroatoms. The van der Waals surface area contributed by atoms with Crippen LogP contribution in [-0.2, 0) is 6.54 Å². The smallest absolute Gasteiger partial charge is 0.127 e. The van der Waals surface area contributed by atoms with Gasteiger partial charge in [0.05, 0.1) is 20.4 Å². The summed E-state index contributed by atoms with van der Waals surface area (Å²) in [6.07, 6.45) is 3.99. The minimum absolute atomic E-state index is 0.230. The van der Waals surface area contributed by atoms with Gasteiger partial charge in [-0.2, -0.15) is 5.10 Å². The van der Waals surface area contributed by atoms with E-state index in [-0.39, 0.29) is 5.82 Å². The first kappa shape index (κ1) is 19.5. The second-order valence-electron chi connectivity index (χ2n) is 7.46. The fraction of sp³-hybridized carbons (Fsp3) is 0.348. The molecule has 1 aromatic heterocycles. The highest BCUT2D eigenvalue weighted by Gasteiger charge is 2.26. The van der Waals surface area contributed by atoms with E-state index >= 15 is 0 Å². The summed E-state index contributed by atoms with van der Waals surface area (Å²) in [6.45, 7) is 2.77. The van der Waals surface area contributed by atoms with Crippen LogP contribution < -0.4 is 9.47 Å². The highest BCUT2D eigenvalue weighted by Crippen LogP contribution is 2.34. The molecule has 2 heterocycles. The second-order valence-corrected chi connectivity index (χ2v) is 7.46. The molecule has 0 bridgehead atoms. The van der Waals surface area contributed by atoms with Gasteiger partial charge in [-0.1, -0.05) is 18.2 Å². The van der Waals surface area contributed by atoms with Crippen LogP contribution in [0.5, 0.6) is 11.5 Å². The summed E-state index contributed by atoms with van der Waals surface area (Å²) in [5.74, 6) is 1.73. The molecule has 0 spiro atoms. The zero-order valence-corrected chi connectivity index (χ0v) is 16.8. The molecule has 3 aromatic rings. The number of likely N-dealkylation sites (tertiary alicyclic amines) is 1. The van der Waals surface area contributed by atoms with Gasteiger partial charge in [0.2, 0.25) is 0 Å². The van der Waals surface area contributed by atoms with Crippen molar-refractivity contribution in [2.75, 3.05) is 27.3 Å². The van der Waals surface area contributed by atoms with Gasteiger partial charge in [-0.25, -0.2) is 4.39 Å². The van der Waals surface area contributed by atoms with E-state index in [1.807, 2.05) is 18.2 Å². The summed E-state index contributed by atoms with van der Waals surface area (Å²) in [6, 6.07) is 12.7. The van der Waals surface area contributed by atoms with E-state index in [0.717, 1.165) is 66.4 Å². The van der Waals surface area contributed by atoms with Crippen molar-refractivity contribution in [3.05, 3.63) is 65.7 Å². The largest absolute Gasteiger partial charge is 0.497 e. The predicted octanol–water partition coefficient (Wildman–Crippen LogP) is 4.61. The van der Waals surface area contributed by atoms with E-state index in [4.69, 9.17) is 9.47 Å². The number of hydrogen-bond acceptors (Lipinski definition) is 4. The van der Waals surface area contributed by atoms with Crippen molar-refractivity contribution in [2.45, 2.75) is 25.3 Å². The molecule has 0 amide bonds. The minimum atomic E-state index is -0.230. The van der Waals surface area contributed by atoms with Crippen molar-refractivity contribution >= 4 is 0 Å². The summed E-state index contributed by atoms with van der Waals surface area (Å²) < 4.78 is 24.6. The first-order valence-electron chi connectivity index (χ1n) is 9.90. The maximum absolute atomic E-state index is 13.7. The van der Waals surface area contributed by atoms with Gasteiger partial charge in [0.15, 0.2) is 0 Å². The number of piperidine rings is 1. The molecular formula is C23H26FN3O2. The third-order valence-corrected chi connectivity index (χ3v) is 5.61. The summed E-state index contributed by atoms with van der Waals surface area (Å²) >= 11 is 0. The molecule has 1 atom stereocenters.